The van der Waals surface area contributed by atoms with Gasteiger partial charge in [-0.25, -0.2) is 0 Å². The van der Waals surface area contributed by atoms with Crippen LogP contribution in [-0.4, -0.2) is 5.91 Å². The molecule has 1 amide bonds. The number of anilines is 1. The zero-order valence-electron chi connectivity index (χ0n) is 8.70. The topological polar surface area (TPSA) is 77.9 Å². The first kappa shape index (κ1) is 11.2. The Labute approximate surface area is 101 Å². The molecule has 2 aromatic rings. The van der Waals surface area contributed by atoms with Gasteiger partial charge in [-0.3, -0.25) is 4.79 Å². The molecule has 0 saturated heterocycles. The van der Waals surface area contributed by atoms with Crippen LogP contribution >= 0.6 is 11.3 Å². The molecule has 1 aromatic heterocycles. The molecule has 1 aromatic carbocycles. The molecular formula is C11H8N4OS. The van der Waals surface area contributed by atoms with Gasteiger partial charge < -0.3 is 5.32 Å². The summed E-state index contributed by atoms with van der Waals surface area (Å²) in [4.78, 5) is 15.1. The average molecular weight is 244 g/mol. The number of nitrogens with one attached hydrogen (secondary N) is 1. The molecule has 2 rings (SSSR count). The van der Waals surface area contributed by atoms with Gasteiger partial charge >= 0.3 is 0 Å². The fourth-order valence-electron chi connectivity index (χ4n) is 1.30. The monoisotopic (exact) mass is 244 g/mol. The van der Waals surface area contributed by atoms with Gasteiger partial charge in [0.15, 0.2) is 0 Å². The van der Waals surface area contributed by atoms with Crippen LogP contribution in [0, 0.1) is 0 Å². The molecule has 0 fully saturated rings. The molecule has 6 heteroatoms. The molecule has 0 atom stereocenters. The van der Waals surface area contributed by atoms with E-state index in [2.05, 4.69) is 15.3 Å². The van der Waals surface area contributed by atoms with Gasteiger partial charge in [-0.15, -0.1) is 11.3 Å². The fourth-order valence-corrected chi connectivity index (χ4v) is 1.92. The van der Waals surface area contributed by atoms with Crippen LogP contribution in [0.4, 0.5) is 11.4 Å². The van der Waals surface area contributed by atoms with Gasteiger partial charge in [-0.1, -0.05) is 23.3 Å². The van der Waals surface area contributed by atoms with E-state index in [1.54, 1.807) is 30.3 Å². The summed E-state index contributed by atoms with van der Waals surface area (Å²) in [6.45, 7) is 0. The van der Waals surface area contributed by atoms with E-state index < -0.39 is 0 Å². The highest BCUT2D eigenvalue weighted by Gasteiger charge is 2.06. The highest BCUT2D eigenvalue weighted by Crippen LogP contribution is 2.19. The molecule has 0 spiro atoms. The van der Waals surface area contributed by atoms with E-state index in [-0.39, 0.29) is 5.91 Å². The minimum Gasteiger partial charge on any atom is -0.321 e. The third kappa shape index (κ3) is 2.84. The van der Waals surface area contributed by atoms with E-state index in [1.165, 1.54) is 11.3 Å². The van der Waals surface area contributed by atoms with Crippen LogP contribution in [0.2, 0.25) is 0 Å². The second-order valence-electron chi connectivity index (χ2n) is 3.17. The Bertz CT molecular complexity index is 573. The maximum absolute atomic E-state index is 11.7. The Kier molecular flexibility index (Phi) is 3.40. The lowest BCUT2D eigenvalue weighted by atomic mass is 10.3. The number of hydrogen-bond donors (Lipinski definition) is 1. The number of rotatable bonds is 3. The SMILES string of the molecule is [N-]=[N+]=Nc1cccc(NC(=O)c2cccs2)c1. The summed E-state index contributed by atoms with van der Waals surface area (Å²) < 4.78 is 0. The van der Waals surface area contributed by atoms with E-state index in [4.69, 9.17) is 5.53 Å². The number of carbonyl (C=O) groups excluding carboxylic acids is 1. The minimum atomic E-state index is -0.168. The first-order chi connectivity index (χ1) is 8.29. The summed E-state index contributed by atoms with van der Waals surface area (Å²) in [5, 5.41) is 8.04. The summed E-state index contributed by atoms with van der Waals surface area (Å²) in [6, 6.07) is 10.3. The second-order valence-corrected chi connectivity index (χ2v) is 4.12. The molecule has 17 heavy (non-hydrogen) atoms. The highest BCUT2D eigenvalue weighted by atomic mass is 32.1. The van der Waals surface area contributed by atoms with Crippen LogP contribution in [0.1, 0.15) is 9.67 Å². The Balaban J connectivity index is 2.16. The predicted molar refractivity (Wildman–Crippen MR) is 67.5 cm³/mol. The molecule has 0 aliphatic heterocycles. The number of amides is 1. The first-order valence-electron chi connectivity index (χ1n) is 4.79. The van der Waals surface area contributed by atoms with Gasteiger partial charge in [-0.2, -0.15) is 0 Å². The van der Waals surface area contributed by atoms with Crippen molar-refractivity contribution in [1.29, 1.82) is 0 Å². The summed E-state index contributed by atoms with van der Waals surface area (Å²) >= 11 is 1.37. The number of nitrogens with zero attached hydrogens (tertiary/aromatic N) is 3. The van der Waals surface area contributed by atoms with E-state index >= 15 is 0 Å². The quantitative estimate of drug-likeness (QED) is 0.495. The van der Waals surface area contributed by atoms with Crippen LogP contribution in [0.5, 0.6) is 0 Å². The van der Waals surface area contributed by atoms with Crippen LogP contribution in [-0.2, 0) is 0 Å². The van der Waals surface area contributed by atoms with Crippen molar-refractivity contribution >= 4 is 28.6 Å². The van der Waals surface area contributed by atoms with Crippen LogP contribution in [0.25, 0.3) is 10.4 Å². The summed E-state index contributed by atoms with van der Waals surface area (Å²) in [6.07, 6.45) is 0. The van der Waals surface area contributed by atoms with Crippen LogP contribution in [0.3, 0.4) is 0 Å². The number of carbonyl (C=O) groups is 1. The zero-order chi connectivity index (χ0) is 12.1. The molecule has 0 unspecified atom stereocenters. The van der Waals surface area contributed by atoms with E-state index in [0.29, 0.717) is 16.3 Å². The second kappa shape index (κ2) is 5.16. The Morgan fingerprint density at radius 1 is 1.35 bits per heavy atom. The number of hydrogen-bond acceptors (Lipinski definition) is 3. The van der Waals surface area contributed by atoms with Crippen molar-refractivity contribution in [1.82, 2.24) is 0 Å². The Morgan fingerprint density at radius 3 is 2.94 bits per heavy atom. The lowest BCUT2D eigenvalue weighted by Gasteiger charge is -2.03. The molecule has 1 heterocycles. The Hall–Kier alpha value is -2.30. The molecular weight excluding hydrogens is 236 g/mol. The number of benzene rings is 1. The largest absolute Gasteiger partial charge is 0.321 e. The summed E-state index contributed by atoms with van der Waals surface area (Å²) in [5.74, 6) is -0.168. The van der Waals surface area contributed by atoms with E-state index in [0.717, 1.165) is 0 Å². The highest BCUT2D eigenvalue weighted by molar-refractivity contribution is 7.12. The van der Waals surface area contributed by atoms with Crippen molar-refractivity contribution in [3.8, 4) is 0 Å². The third-order valence-electron chi connectivity index (χ3n) is 2.01. The van der Waals surface area contributed by atoms with Gasteiger partial charge in [0.1, 0.15) is 0 Å². The van der Waals surface area contributed by atoms with Gasteiger partial charge in [0, 0.05) is 16.3 Å². The van der Waals surface area contributed by atoms with Crippen molar-refractivity contribution in [3.05, 3.63) is 57.1 Å². The minimum absolute atomic E-state index is 0.168. The predicted octanol–water partition coefficient (Wildman–Crippen LogP) is 3.94. The first-order valence-corrected chi connectivity index (χ1v) is 5.67. The summed E-state index contributed by atoms with van der Waals surface area (Å²) in [7, 11) is 0. The lowest BCUT2D eigenvalue weighted by molar-refractivity contribution is 0.103. The smallest absolute Gasteiger partial charge is 0.265 e. The van der Waals surface area contributed by atoms with Crippen molar-refractivity contribution in [2.75, 3.05) is 5.32 Å². The summed E-state index contributed by atoms with van der Waals surface area (Å²) in [5.41, 5.74) is 9.39. The van der Waals surface area contributed by atoms with Crippen molar-refractivity contribution in [3.63, 3.8) is 0 Å². The zero-order valence-corrected chi connectivity index (χ0v) is 9.52. The van der Waals surface area contributed by atoms with Gasteiger partial charge in [0.05, 0.1) is 4.88 Å². The number of azide groups is 1. The maximum atomic E-state index is 11.7. The van der Waals surface area contributed by atoms with E-state index in [9.17, 15) is 4.79 Å². The molecule has 5 nitrogen and oxygen atoms in total. The fraction of sp³-hybridized carbons (Fsp3) is 0. The van der Waals surface area contributed by atoms with Gasteiger partial charge in [0.2, 0.25) is 0 Å². The van der Waals surface area contributed by atoms with Crippen LogP contribution < -0.4 is 5.32 Å². The standard InChI is InChI=1S/C11H8N4OS/c12-15-14-9-4-1-3-8(7-9)13-11(16)10-5-2-6-17-10/h1-7H,(H,13,16). The molecule has 0 saturated carbocycles. The van der Waals surface area contributed by atoms with Gasteiger partial charge in [0.25, 0.3) is 5.91 Å². The van der Waals surface area contributed by atoms with Crippen molar-refractivity contribution in [2.24, 2.45) is 5.11 Å². The normalized spacial score (nSPS) is 9.41. The van der Waals surface area contributed by atoms with Crippen molar-refractivity contribution in [2.45, 2.75) is 0 Å². The lowest BCUT2D eigenvalue weighted by Crippen LogP contribution is -2.09. The number of thiophene rings is 1. The van der Waals surface area contributed by atoms with E-state index in [1.807, 2.05) is 11.4 Å². The molecule has 0 aliphatic carbocycles. The van der Waals surface area contributed by atoms with Gasteiger partial charge in [-0.05, 0) is 29.1 Å². The average Bonchev–Trinajstić information content (AvgIpc) is 2.83. The van der Waals surface area contributed by atoms with Crippen molar-refractivity contribution < 1.29 is 4.79 Å². The molecule has 1 N–H and O–H groups in total. The van der Waals surface area contributed by atoms with Crippen LogP contribution in [0.15, 0.2) is 46.9 Å². The molecule has 0 aliphatic rings. The molecule has 84 valence electrons. The molecule has 0 radical (unpaired) electrons. The third-order valence-corrected chi connectivity index (χ3v) is 2.88. The molecule has 0 bridgehead atoms. The maximum Gasteiger partial charge on any atom is 0.265 e. The Morgan fingerprint density at radius 2 is 2.24 bits per heavy atom.